The van der Waals surface area contributed by atoms with Gasteiger partial charge in [0.2, 0.25) is 0 Å². The smallest absolute Gasteiger partial charge is 0.310 e. The summed E-state index contributed by atoms with van der Waals surface area (Å²) in [5.41, 5.74) is 0.00988. The second-order valence-electron chi connectivity index (χ2n) is 3.04. The second-order valence-corrected chi connectivity index (χ2v) is 3.45. The lowest BCUT2D eigenvalue weighted by Crippen LogP contribution is -2.23. The fourth-order valence-corrected chi connectivity index (χ4v) is 1.38. The highest BCUT2D eigenvalue weighted by atomic mass is 35.5. The number of hydrogen-bond donors (Lipinski definition) is 0. The van der Waals surface area contributed by atoms with Crippen LogP contribution < -0.4 is 5.56 Å². The first-order chi connectivity index (χ1) is 7.06. The van der Waals surface area contributed by atoms with E-state index in [0.717, 1.165) is 0 Å². The molecule has 0 aliphatic carbocycles. The zero-order valence-corrected chi connectivity index (χ0v) is 9.37. The molecule has 0 N–H and O–H groups in total. The summed E-state index contributed by atoms with van der Waals surface area (Å²) in [5.74, 6) is -0.442. The van der Waals surface area contributed by atoms with Gasteiger partial charge in [-0.05, 0) is 13.0 Å². The van der Waals surface area contributed by atoms with Crippen LogP contribution in [0.2, 0.25) is 5.02 Å². The predicted octanol–water partition coefficient (Wildman–Crippen LogP) is 1.14. The number of carbonyl (C=O) groups excluding carboxylic acids is 1. The van der Waals surface area contributed by atoms with Crippen LogP contribution in [-0.2, 0) is 23.0 Å². The summed E-state index contributed by atoms with van der Waals surface area (Å²) in [6, 6.07) is 1.58. The van der Waals surface area contributed by atoms with Crippen molar-refractivity contribution >= 4 is 17.6 Å². The Bertz CT molecular complexity index is 425. The van der Waals surface area contributed by atoms with E-state index in [1.54, 1.807) is 26.2 Å². The lowest BCUT2D eigenvalue weighted by atomic mass is 10.2. The van der Waals surface area contributed by atoms with Crippen molar-refractivity contribution in [1.82, 2.24) is 4.57 Å². The number of aryl methyl sites for hydroxylation is 1. The number of hydrogen-bond acceptors (Lipinski definition) is 3. The third-order valence-electron chi connectivity index (χ3n) is 1.94. The average Bonchev–Trinajstić information content (AvgIpc) is 2.19. The van der Waals surface area contributed by atoms with Gasteiger partial charge in [-0.1, -0.05) is 11.6 Å². The summed E-state index contributed by atoms with van der Waals surface area (Å²) < 4.78 is 6.13. The fourth-order valence-electron chi connectivity index (χ4n) is 1.18. The third kappa shape index (κ3) is 2.83. The number of carbonyl (C=O) groups is 1. The molecule has 0 aliphatic heterocycles. The number of esters is 1. The van der Waals surface area contributed by atoms with Gasteiger partial charge in [0.1, 0.15) is 0 Å². The van der Waals surface area contributed by atoms with Crippen LogP contribution in [0.5, 0.6) is 0 Å². The molecular weight excluding hydrogens is 218 g/mol. The molecule has 0 spiro atoms. The van der Waals surface area contributed by atoms with Crippen LogP contribution in [0.3, 0.4) is 0 Å². The van der Waals surface area contributed by atoms with Crippen molar-refractivity contribution in [2.45, 2.75) is 13.3 Å². The Kier molecular flexibility index (Phi) is 3.91. The molecule has 15 heavy (non-hydrogen) atoms. The standard InChI is InChI=1S/C10H12ClNO3/c1-3-15-9(13)6-7-8(11)4-5-12(2)10(7)14/h4-5H,3,6H2,1-2H3. The summed E-state index contributed by atoms with van der Waals surface area (Å²) in [6.07, 6.45) is 1.47. The molecule has 0 radical (unpaired) electrons. The summed E-state index contributed by atoms with van der Waals surface area (Å²) in [5, 5.41) is 0.297. The zero-order chi connectivity index (χ0) is 11.4. The van der Waals surface area contributed by atoms with E-state index in [9.17, 15) is 9.59 Å². The molecule has 1 rings (SSSR count). The number of ether oxygens (including phenoxy) is 1. The van der Waals surface area contributed by atoms with E-state index in [1.807, 2.05) is 0 Å². The topological polar surface area (TPSA) is 48.3 Å². The largest absolute Gasteiger partial charge is 0.466 e. The summed E-state index contributed by atoms with van der Waals surface area (Å²) in [6.45, 7) is 2.01. The first kappa shape index (κ1) is 11.8. The Hall–Kier alpha value is -1.29. The number of nitrogens with zero attached hydrogens (tertiary/aromatic N) is 1. The lowest BCUT2D eigenvalue weighted by Gasteiger charge is -2.05. The minimum atomic E-state index is -0.442. The zero-order valence-electron chi connectivity index (χ0n) is 8.62. The minimum absolute atomic E-state index is 0.0831. The average molecular weight is 230 g/mol. The Balaban J connectivity index is 2.99. The molecule has 1 aromatic heterocycles. The minimum Gasteiger partial charge on any atom is -0.466 e. The molecule has 0 amide bonds. The van der Waals surface area contributed by atoms with Crippen molar-refractivity contribution in [3.8, 4) is 0 Å². The molecule has 82 valence electrons. The molecule has 0 atom stereocenters. The molecule has 0 saturated carbocycles. The normalized spacial score (nSPS) is 10.1. The van der Waals surface area contributed by atoms with Gasteiger partial charge < -0.3 is 9.30 Å². The van der Waals surface area contributed by atoms with Crippen molar-refractivity contribution in [1.29, 1.82) is 0 Å². The molecule has 1 heterocycles. The van der Waals surface area contributed by atoms with Crippen molar-refractivity contribution in [2.75, 3.05) is 6.61 Å². The monoisotopic (exact) mass is 229 g/mol. The van der Waals surface area contributed by atoms with Crippen LogP contribution in [0.4, 0.5) is 0 Å². The molecule has 0 bridgehead atoms. The van der Waals surface area contributed by atoms with Gasteiger partial charge in [-0.2, -0.15) is 0 Å². The Morgan fingerprint density at radius 1 is 1.60 bits per heavy atom. The maximum Gasteiger partial charge on any atom is 0.310 e. The summed E-state index contributed by atoms with van der Waals surface area (Å²) in [4.78, 5) is 22.8. The fraction of sp³-hybridized carbons (Fsp3) is 0.400. The van der Waals surface area contributed by atoms with Gasteiger partial charge in [-0.3, -0.25) is 9.59 Å². The molecule has 0 fully saturated rings. The van der Waals surface area contributed by atoms with Crippen LogP contribution in [0.25, 0.3) is 0 Å². The van der Waals surface area contributed by atoms with Crippen LogP contribution in [0.1, 0.15) is 12.5 Å². The van der Waals surface area contributed by atoms with Crippen LogP contribution in [-0.4, -0.2) is 17.1 Å². The van der Waals surface area contributed by atoms with Crippen molar-refractivity contribution in [3.05, 3.63) is 33.2 Å². The van der Waals surface area contributed by atoms with E-state index < -0.39 is 5.97 Å². The highest BCUT2D eigenvalue weighted by Gasteiger charge is 2.12. The van der Waals surface area contributed by atoms with Gasteiger partial charge in [0, 0.05) is 18.8 Å². The summed E-state index contributed by atoms with van der Waals surface area (Å²) in [7, 11) is 1.60. The highest BCUT2D eigenvalue weighted by molar-refractivity contribution is 6.31. The molecule has 0 saturated heterocycles. The molecular formula is C10H12ClNO3. The van der Waals surface area contributed by atoms with Crippen molar-refractivity contribution in [3.63, 3.8) is 0 Å². The SMILES string of the molecule is CCOC(=O)Cc1c(Cl)ccn(C)c1=O. The molecule has 1 aromatic rings. The van der Waals surface area contributed by atoms with Gasteiger partial charge in [-0.25, -0.2) is 0 Å². The summed E-state index contributed by atoms with van der Waals surface area (Å²) >= 11 is 5.82. The molecule has 5 heteroatoms. The van der Waals surface area contributed by atoms with Crippen LogP contribution in [0, 0.1) is 0 Å². The van der Waals surface area contributed by atoms with E-state index in [0.29, 0.717) is 11.6 Å². The van der Waals surface area contributed by atoms with E-state index in [2.05, 4.69) is 0 Å². The molecule has 4 nitrogen and oxygen atoms in total. The maximum atomic E-state index is 11.6. The lowest BCUT2D eigenvalue weighted by molar-refractivity contribution is -0.142. The van der Waals surface area contributed by atoms with E-state index in [-0.39, 0.29) is 17.5 Å². The third-order valence-corrected chi connectivity index (χ3v) is 2.29. The molecule has 0 aromatic carbocycles. The van der Waals surface area contributed by atoms with Crippen molar-refractivity contribution < 1.29 is 9.53 Å². The Labute approximate surface area is 92.4 Å². The maximum absolute atomic E-state index is 11.6. The van der Waals surface area contributed by atoms with Gasteiger partial charge in [0.05, 0.1) is 18.1 Å². The first-order valence-corrected chi connectivity index (χ1v) is 4.93. The number of halogens is 1. The van der Waals surface area contributed by atoms with E-state index in [1.165, 1.54) is 4.57 Å². The first-order valence-electron chi connectivity index (χ1n) is 4.56. The molecule has 0 unspecified atom stereocenters. The van der Waals surface area contributed by atoms with E-state index >= 15 is 0 Å². The number of rotatable bonds is 3. The second kappa shape index (κ2) is 4.98. The Morgan fingerprint density at radius 2 is 2.27 bits per heavy atom. The van der Waals surface area contributed by atoms with Crippen LogP contribution in [0.15, 0.2) is 17.1 Å². The number of pyridine rings is 1. The number of aromatic nitrogens is 1. The Morgan fingerprint density at radius 3 is 2.87 bits per heavy atom. The van der Waals surface area contributed by atoms with Crippen molar-refractivity contribution in [2.24, 2.45) is 7.05 Å². The van der Waals surface area contributed by atoms with Gasteiger partial charge in [0.15, 0.2) is 0 Å². The predicted molar refractivity (Wildman–Crippen MR) is 57.0 cm³/mol. The quantitative estimate of drug-likeness (QED) is 0.731. The molecule has 0 aliphatic rings. The van der Waals surface area contributed by atoms with Gasteiger partial charge >= 0.3 is 5.97 Å². The van der Waals surface area contributed by atoms with E-state index in [4.69, 9.17) is 16.3 Å². The highest BCUT2D eigenvalue weighted by Crippen LogP contribution is 2.11. The van der Waals surface area contributed by atoms with Gasteiger partial charge in [-0.15, -0.1) is 0 Å². The van der Waals surface area contributed by atoms with Gasteiger partial charge in [0.25, 0.3) is 5.56 Å². The van der Waals surface area contributed by atoms with Crippen LogP contribution >= 0.6 is 11.6 Å².